The molecule has 0 bridgehead atoms. The summed E-state index contributed by atoms with van der Waals surface area (Å²) in [5, 5.41) is 0.621. The number of amides is 1. The predicted molar refractivity (Wildman–Crippen MR) is 122 cm³/mol. The molecular weight excluding hydrogens is 410 g/mol. The van der Waals surface area contributed by atoms with Crippen molar-refractivity contribution < 1.29 is 13.2 Å². The predicted octanol–water partition coefficient (Wildman–Crippen LogP) is 3.71. The van der Waals surface area contributed by atoms with Crippen molar-refractivity contribution in [1.82, 2.24) is 14.6 Å². The second-order valence-electron chi connectivity index (χ2n) is 8.40. The number of rotatable bonds is 7. The molecule has 0 saturated carbocycles. The van der Waals surface area contributed by atoms with Crippen LogP contribution in [0, 0.1) is 5.92 Å². The van der Waals surface area contributed by atoms with E-state index in [0.717, 1.165) is 23.9 Å². The van der Waals surface area contributed by atoms with Crippen molar-refractivity contribution in [2.45, 2.75) is 43.5 Å². The van der Waals surface area contributed by atoms with Gasteiger partial charge >= 0.3 is 0 Å². The molecule has 164 valence electrons. The first-order valence-corrected chi connectivity index (χ1v) is 12.3. The minimum Gasteiger partial charge on any atom is -0.361 e. The van der Waals surface area contributed by atoms with E-state index in [1.165, 1.54) is 0 Å². The molecule has 0 spiro atoms. The Morgan fingerprint density at radius 2 is 1.84 bits per heavy atom. The maximum Gasteiger partial charge on any atom is 0.241 e. The number of aromatic amines is 1. The van der Waals surface area contributed by atoms with Crippen LogP contribution in [0.4, 0.5) is 0 Å². The van der Waals surface area contributed by atoms with Crippen molar-refractivity contribution in [3.05, 3.63) is 66.4 Å². The highest BCUT2D eigenvalue weighted by Gasteiger charge is 2.31. The van der Waals surface area contributed by atoms with Gasteiger partial charge in [-0.15, -0.1) is 0 Å². The Morgan fingerprint density at radius 3 is 2.58 bits per heavy atom. The summed E-state index contributed by atoms with van der Waals surface area (Å²) in [4.78, 5) is 18.4. The smallest absolute Gasteiger partial charge is 0.241 e. The molecule has 1 amide bonds. The van der Waals surface area contributed by atoms with Gasteiger partial charge in [0.2, 0.25) is 15.9 Å². The lowest BCUT2D eigenvalue weighted by Crippen LogP contribution is -2.50. The second kappa shape index (κ2) is 9.24. The molecule has 0 unspecified atom stereocenters. The number of benzene rings is 2. The number of fused-ring (bicyclic) bond motifs is 1. The number of nitrogens with one attached hydrogen (secondary N) is 2. The zero-order chi connectivity index (χ0) is 21.8. The van der Waals surface area contributed by atoms with E-state index >= 15 is 0 Å². The summed E-state index contributed by atoms with van der Waals surface area (Å²) in [6.45, 7) is 3.54. The molecule has 6 nitrogen and oxygen atoms in total. The number of carbonyl (C=O) groups excluding carboxylic acids is 1. The minimum atomic E-state index is -3.87. The van der Waals surface area contributed by atoms with Crippen LogP contribution in [0.15, 0.2) is 65.7 Å². The molecule has 2 heterocycles. The van der Waals surface area contributed by atoms with Gasteiger partial charge < -0.3 is 9.88 Å². The Morgan fingerprint density at radius 1 is 1.10 bits per heavy atom. The van der Waals surface area contributed by atoms with Crippen molar-refractivity contribution in [1.29, 1.82) is 0 Å². The zero-order valence-electron chi connectivity index (χ0n) is 17.8. The first-order chi connectivity index (χ1) is 14.9. The summed E-state index contributed by atoms with van der Waals surface area (Å²) < 4.78 is 29.4. The molecular formula is C24H29N3O3S. The average molecular weight is 440 g/mol. The lowest BCUT2D eigenvalue weighted by Gasteiger charge is -2.33. The minimum absolute atomic E-state index is 0.132. The van der Waals surface area contributed by atoms with E-state index in [4.69, 9.17) is 0 Å². The molecule has 7 heteroatoms. The van der Waals surface area contributed by atoms with Crippen LogP contribution in [-0.2, 0) is 21.2 Å². The maximum atomic E-state index is 13.3. The third kappa shape index (κ3) is 4.99. The normalized spacial score (nSPS) is 16.5. The average Bonchev–Trinajstić information content (AvgIpc) is 3.26. The van der Waals surface area contributed by atoms with Crippen LogP contribution in [0.1, 0.15) is 31.7 Å². The number of likely N-dealkylation sites (tertiary alicyclic amines) is 1. The molecule has 4 rings (SSSR count). The molecule has 1 atom stereocenters. The van der Waals surface area contributed by atoms with Gasteiger partial charge in [-0.1, -0.05) is 43.3 Å². The Hall–Kier alpha value is -2.64. The summed E-state index contributed by atoms with van der Waals surface area (Å²) >= 11 is 0. The van der Waals surface area contributed by atoms with Crippen molar-refractivity contribution in [2.24, 2.45) is 5.92 Å². The highest BCUT2D eigenvalue weighted by Crippen LogP contribution is 2.23. The number of hydrogen-bond donors (Lipinski definition) is 2. The molecule has 1 fully saturated rings. The number of aromatic nitrogens is 1. The van der Waals surface area contributed by atoms with Crippen molar-refractivity contribution in [3.63, 3.8) is 0 Å². The first-order valence-electron chi connectivity index (χ1n) is 10.9. The van der Waals surface area contributed by atoms with Crippen LogP contribution in [0.2, 0.25) is 0 Å². The van der Waals surface area contributed by atoms with E-state index in [-0.39, 0.29) is 10.8 Å². The monoisotopic (exact) mass is 439 g/mol. The quantitative estimate of drug-likeness (QED) is 0.589. The van der Waals surface area contributed by atoms with Crippen LogP contribution in [-0.4, -0.2) is 43.3 Å². The molecule has 3 aromatic rings. The fourth-order valence-electron chi connectivity index (χ4n) is 4.18. The maximum absolute atomic E-state index is 13.3. The van der Waals surface area contributed by atoms with Crippen molar-refractivity contribution >= 4 is 26.8 Å². The van der Waals surface area contributed by atoms with E-state index in [1.807, 2.05) is 41.3 Å². The number of hydrogen-bond acceptors (Lipinski definition) is 3. The summed E-state index contributed by atoms with van der Waals surface area (Å²) in [5.74, 6) is 0.461. The summed E-state index contributed by atoms with van der Waals surface area (Å²) in [5.41, 5.74) is 1.83. The first kappa shape index (κ1) is 21.6. The molecule has 0 radical (unpaired) electrons. The molecule has 1 saturated heterocycles. The third-order valence-corrected chi connectivity index (χ3v) is 7.63. The van der Waals surface area contributed by atoms with Crippen molar-refractivity contribution in [3.8, 4) is 0 Å². The van der Waals surface area contributed by atoms with E-state index < -0.39 is 16.1 Å². The van der Waals surface area contributed by atoms with Crippen LogP contribution >= 0.6 is 0 Å². The van der Waals surface area contributed by atoms with Gasteiger partial charge in [-0.3, -0.25) is 4.79 Å². The lowest BCUT2D eigenvalue weighted by atomic mass is 9.98. The zero-order valence-corrected chi connectivity index (χ0v) is 18.6. The van der Waals surface area contributed by atoms with Gasteiger partial charge in [-0.2, -0.15) is 4.72 Å². The number of aryl methyl sites for hydroxylation is 1. The summed E-state index contributed by atoms with van der Waals surface area (Å²) in [6.07, 6.45) is 4.66. The van der Waals surface area contributed by atoms with Gasteiger partial charge in [-0.05, 0) is 55.4 Å². The summed E-state index contributed by atoms with van der Waals surface area (Å²) in [6, 6.07) is 15.9. The topological polar surface area (TPSA) is 82.3 Å². The van der Waals surface area contributed by atoms with Gasteiger partial charge in [0.1, 0.15) is 6.04 Å². The van der Waals surface area contributed by atoms with Crippen LogP contribution in [0.3, 0.4) is 0 Å². The Balaban J connectivity index is 1.58. The van der Waals surface area contributed by atoms with Crippen LogP contribution < -0.4 is 4.72 Å². The second-order valence-corrected chi connectivity index (χ2v) is 10.1. The number of piperidine rings is 1. The van der Waals surface area contributed by atoms with Gasteiger partial charge in [0.15, 0.2) is 0 Å². The van der Waals surface area contributed by atoms with Gasteiger partial charge in [0.25, 0.3) is 0 Å². The Kier molecular flexibility index (Phi) is 6.43. The number of nitrogens with zero attached hydrogens (tertiary/aromatic N) is 1. The lowest BCUT2D eigenvalue weighted by molar-refractivity contribution is -0.134. The molecule has 31 heavy (non-hydrogen) atoms. The highest BCUT2D eigenvalue weighted by atomic mass is 32.2. The molecule has 1 aliphatic heterocycles. The summed E-state index contributed by atoms with van der Waals surface area (Å²) in [7, 11) is -3.87. The Bertz CT molecular complexity index is 1130. The molecule has 2 aromatic carbocycles. The molecule has 1 aliphatic rings. The van der Waals surface area contributed by atoms with E-state index in [0.29, 0.717) is 37.2 Å². The fraction of sp³-hybridized carbons (Fsp3) is 0.375. The van der Waals surface area contributed by atoms with E-state index in [2.05, 4.69) is 16.6 Å². The number of sulfonamides is 1. The molecule has 2 N–H and O–H groups in total. The standard InChI is InChI=1S/C24H29N3O3S/c1-18-13-16-27(17-14-18)24(28)22(11-10-19-6-3-2-4-7-19)26-31(29,30)23-9-5-8-21-20(23)12-15-25-21/h2-9,12,15,18,22,25-26H,10-11,13-14,16-17H2,1H3/t22-/m1/s1. The van der Waals surface area contributed by atoms with Crippen LogP contribution in [0.5, 0.6) is 0 Å². The fourth-order valence-corrected chi connectivity index (χ4v) is 5.62. The molecule has 1 aromatic heterocycles. The number of carbonyl (C=O) groups is 1. The Labute approximate surface area is 183 Å². The van der Waals surface area contributed by atoms with E-state index in [9.17, 15) is 13.2 Å². The van der Waals surface area contributed by atoms with Crippen LogP contribution in [0.25, 0.3) is 10.9 Å². The third-order valence-electron chi connectivity index (χ3n) is 6.10. The van der Waals surface area contributed by atoms with Gasteiger partial charge in [-0.25, -0.2) is 8.42 Å². The van der Waals surface area contributed by atoms with Gasteiger partial charge in [0, 0.05) is 30.2 Å². The largest absolute Gasteiger partial charge is 0.361 e. The molecule has 0 aliphatic carbocycles. The SMILES string of the molecule is CC1CCN(C(=O)[C@@H](CCc2ccccc2)NS(=O)(=O)c2cccc3[nH]ccc23)CC1. The van der Waals surface area contributed by atoms with E-state index in [1.54, 1.807) is 24.4 Å². The highest BCUT2D eigenvalue weighted by molar-refractivity contribution is 7.89. The van der Waals surface area contributed by atoms with Gasteiger partial charge in [0.05, 0.1) is 4.90 Å². The van der Waals surface area contributed by atoms with Crippen molar-refractivity contribution in [2.75, 3.05) is 13.1 Å². The number of H-pyrrole nitrogens is 1.